The Bertz CT molecular complexity index is 534. The monoisotopic (exact) mass is 293 g/mol. The summed E-state index contributed by atoms with van der Waals surface area (Å²) in [6, 6.07) is 0.941. The first kappa shape index (κ1) is 16.9. The van der Waals surface area contributed by atoms with Crippen molar-refractivity contribution in [1.29, 1.82) is 0 Å². The number of aromatic nitrogens is 2. The largest absolute Gasteiger partial charge is 0.480 e. The zero-order valence-electron chi connectivity index (χ0n) is 13.0. The molecule has 0 aliphatic heterocycles. The van der Waals surface area contributed by atoms with E-state index in [9.17, 15) is 9.59 Å². The molecule has 6 heteroatoms. The van der Waals surface area contributed by atoms with Gasteiger partial charge in [-0.1, -0.05) is 12.2 Å². The predicted octanol–water partition coefficient (Wildman–Crippen LogP) is 1.99. The summed E-state index contributed by atoms with van der Waals surface area (Å²) in [6.07, 6.45) is 3.97. The van der Waals surface area contributed by atoms with Crippen LogP contribution in [0.2, 0.25) is 0 Å². The summed E-state index contributed by atoms with van der Waals surface area (Å²) in [6.45, 7) is 7.53. The van der Waals surface area contributed by atoms with Crippen LogP contribution in [0.5, 0.6) is 0 Å². The lowest BCUT2D eigenvalue weighted by atomic mass is 10.1. The number of aliphatic carboxylic acids is 1. The van der Waals surface area contributed by atoms with E-state index >= 15 is 0 Å². The number of aryl methyl sites for hydroxylation is 2. The summed E-state index contributed by atoms with van der Waals surface area (Å²) in [5.41, 5.74) is 1.88. The molecule has 0 saturated heterocycles. The van der Waals surface area contributed by atoms with Crippen LogP contribution >= 0.6 is 0 Å². The Morgan fingerprint density at radius 3 is 2.62 bits per heavy atom. The van der Waals surface area contributed by atoms with Gasteiger partial charge in [0.2, 0.25) is 5.91 Å². The molecular formula is C15H23N3O3. The highest BCUT2D eigenvalue weighted by atomic mass is 16.4. The molecule has 1 aromatic heterocycles. The molecule has 2 N–H and O–H groups in total. The molecule has 0 bridgehead atoms. The number of carboxylic acids is 1. The Hall–Kier alpha value is -2.11. The smallest absolute Gasteiger partial charge is 0.326 e. The lowest BCUT2D eigenvalue weighted by Crippen LogP contribution is -2.41. The Morgan fingerprint density at radius 2 is 2.14 bits per heavy atom. The highest BCUT2D eigenvalue weighted by molar-refractivity contribution is 5.83. The van der Waals surface area contributed by atoms with E-state index in [1.807, 2.05) is 33.8 Å². The van der Waals surface area contributed by atoms with Gasteiger partial charge < -0.3 is 10.4 Å². The van der Waals surface area contributed by atoms with Crippen LogP contribution in [0.15, 0.2) is 18.2 Å². The SMILES string of the molecule is C/C=C/CC(NC(=O)CC(C)n1nc(C)cc1C)C(=O)O. The second kappa shape index (κ2) is 7.61. The van der Waals surface area contributed by atoms with Crippen LogP contribution in [0, 0.1) is 13.8 Å². The van der Waals surface area contributed by atoms with Crippen molar-refractivity contribution in [1.82, 2.24) is 15.1 Å². The number of carbonyl (C=O) groups is 2. The van der Waals surface area contributed by atoms with Gasteiger partial charge >= 0.3 is 5.97 Å². The summed E-state index contributed by atoms with van der Waals surface area (Å²) in [5.74, 6) is -1.31. The number of rotatable bonds is 7. The maximum absolute atomic E-state index is 12.0. The van der Waals surface area contributed by atoms with E-state index < -0.39 is 12.0 Å². The zero-order valence-corrected chi connectivity index (χ0v) is 13.0. The molecule has 1 amide bonds. The van der Waals surface area contributed by atoms with E-state index in [4.69, 9.17) is 5.11 Å². The first-order chi connectivity index (χ1) is 9.85. The normalized spacial score (nSPS) is 14.1. The Kier molecular flexibility index (Phi) is 6.14. The molecule has 0 saturated carbocycles. The third-order valence-corrected chi connectivity index (χ3v) is 3.18. The maximum Gasteiger partial charge on any atom is 0.326 e. The number of nitrogens with zero attached hydrogens (tertiary/aromatic N) is 2. The van der Waals surface area contributed by atoms with Crippen LogP contribution in [0.25, 0.3) is 0 Å². The summed E-state index contributed by atoms with van der Waals surface area (Å²) >= 11 is 0. The lowest BCUT2D eigenvalue weighted by Gasteiger charge is -2.17. The van der Waals surface area contributed by atoms with Gasteiger partial charge in [-0.05, 0) is 40.2 Å². The molecule has 0 spiro atoms. The van der Waals surface area contributed by atoms with Crippen molar-refractivity contribution in [3.63, 3.8) is 0 Å². The van der Waals surface area contributed by atoms with Crippen LogP contribution in [0.4, 0.5) is 0 Å². The Morgan fingerprint density at radius 1 is 1.48 bits per heavy atom. The molecule has 0 aliphatic rings. The molecular weight excluding hydrogens is 270 g/mol. The van der Waals surface area contributed by atoms with Crippen molar-refractivity contribution >= 4 is 11.9 Å². The van der Waals surface area contributed by atoms with Crippen LogP contribution in [-0.4, -0.2) is 32.8 Å². The van der Waals surface area contributed by atoms with Gasteiger partial charge in [0.05, 0.1) is 11.7 Å². The molecule has 1 rings (SSSR count). The van der Waals surface area contributed by atoms with E-state index in [2.05, 4.69) is 10.4 Å². The van der Waals surface area contributed by atoms with Crippen molar-refractivity contribution < 1.29 is 14.7 Å². The molecule has 0 aliphatic carbocycles. The molecule has 2 atom stereocenters. The zero-order chi connectivity index (χ0) is 16.0. The average molecular weight is 293 g/mol. The van der Waals surface area contributed by atoms with Crippen LogP contribution in [0.1, 0.15) is 44.1 Å². The standard InChI is InChI=1S/C15H23N3O3/c1-5-6-7-13(15(20)21)16-14(19)9-12(4)18-11(3)8-10(2)17-18/h5-6,8,12-13H,7,9H2,1-4H3,(H,16,19)(H,20,21)/b6-5+. The fourth-order valence-corrected chi connectivity index (χ4v) is 2.19. The van der Waals surface area contributed by atoms with Gasteiger partial charge in [0.15, 0.2) is 0 Å². The number of carbonyl (C=O) groups excluding carboxylic acids is 1. The van der Waals surface area contributed by atoms with Gasteiger partial charge in [-0.15, -0.1) is 0 Å². The Balaban J connectivity index is 2.63. The second-order valence-corrected chi connectivity index (χ2v) is 5.19. The van der Waals surface area contributed by atoms with E-state index in [1.165, 1.54) is 0 Å². The molecule has 1 aromatic rings. The van der Waals surface area contributed by atoms with E-state index in [1.54, 1.807) is 16.8 Å². The number of nitrogens with one attached hydrogen (secondary N) is 1. The van der Waals surface area contributed by atoms with Crippen molar-refractivity contribution in [2.75, 3.05) is 0 Å². The minimum atomic E-state index is -1.03. The number of allylic oxidation sites excluding steroid dienone is 1. The lowest BCUT2D eigenvalue weighted by molar-refractivity contribution is -0.141. The molecule has 0 aromatic carbocycles. The fourth-order valence-electron chi connectivity index (χ4n) is 2.19. The van der Waals surface area contributed by atoms with E-state index in [-0.39, 0.29) is 24.8 Å². The summed E-state index contributed by atoms with van der Waals surface area (Å²) < 4.78 is 1.79. The van der Waals surface area contributed by atoms with Crippen molar-refractivity contribution in [2.24, 2.45) is 0 Å². The minimum Gasteiger partial charge on any atom is -0.480 e. The van der Waals surface area contributed by atoms with Gasteiger partial charge in [-0.25, -0.2) is 4.79 Å². The molecule has 0 fully saturated rings. The number of hydrogen-bond donors (Lipinski definition) is 2. The molecule has 0 radical (unpaired) electrons. The highest BCUT2D eigenvalue weighted by Crippen LogP contribution is 2.14. The van der Waals surface area contributed by atoms with Gasteiger partial charge in [-0.3, -0.25) is 9.48 Å². The van der Waals surface area contributed by atoms with Crippen molar-refractivity contribution in [3.8, 4) is 0 Å². The quantitative estimate of drug-likeness (QED) is 0.753. The Labute approximate surface area is 124 Å². The third kappa shape index (κ3) is 5.06. The van der Waals surface area contributed by atoms with Crippen LogP contribution in [-0.2, 0) is 9.59 Å². The van der Waals surface area contributed by atoms with Crippen molar-refractivity contribution in [2.45, 2.75) is 52.6 Å². The van der Waals surface area contributed by atoms with Crippen LogP contribution < -0.4 is 5.32 Å². The van der Waals surface area contributed by atoms with E-state index in [0.29, 0.717) is 0 Å². The number of hydrogen-bond acceptors (Lipinski definition) is 3. The molecule has 1 heterocycles. The maximum atomic E-state index is 12.0. The van der Waals surface area contributed by atoms with Gasteiger partial charge in [-0.2, -0.15) is 5.10 Å². The highest BCUT2D eigenvalue weighted by Gasteiger charge is 2.20. The average Bonchev–Trinajstić information content (AvgIpc) is 2.73. The van der Waals surface area contributed by atoms with Crippen molar-refractivity contribution in [3.05, 3.63) is 29.6 Å². The molecule has 2 unspecified atom stereocenters. The van der Waals surface area contributed by atoms with Crippen LogP contribution in [0.3, 0.4) is 0 Å². The predicted molar refractivity (Wildman–Crippen MR) is 80.0 cm³/mol. The molecule has 21 heavy (non-hydrogen) atoms. The first-order valence-corrected chi connectivity index (χ1v) is 7.01. The second-order valence-electron chi connectivity index (χ2n) is 5.19. The van der Waals surface area contributed by atoms with E-state index in [0.717, 1.165) is 11.4 Å². The van der Waals surface area contributed by atoms with Gasteiger partial charge in [0.25, 0.3) is 0 Å². The minimum absolute atomic E-state index is 0.116. The number of amides is 1. The first-order valence-electron chi connectivity index (χ1n) is 7.01. The topological polar surface area (TPSA) is 84.2 Å². The van der Waals surface area contributed by atoms with Gasteiger partial charge in [0.1, 0.15) is 6.04 Å². The molecule has 6 nitrogen and oxygen atoms in total. The fraction of sp³-hybridized carbons (Fsp3) is 0.533. The molecule has 116 valence electrons. The summed E-state index contributed by atoms with van der Waals surface area (Å²) in [5, 5.41) is 16.0. The summed E-state index contributed by atoms with van der Waals surface area (Å²) in [7, 11) is 0. The summed E-state index contributed by atoms with van der Waals surface area (Å²) in [4.78, 5) is 23.1. The van der Waals surface area contributed by atoms with Gasteiger partial charge in [0, 0.05) is 12.1 Å². The third-order valence-electron chi connectivity index (χ3n) is 3.18. The number of carboxylic acid groups (broad SMARTS) is 1.